The van der Waals surface area contributed by atoms with Crippen LogP contribution in [0.2, 0.25) is 0 Å². The van der Waals surface area contributed by atoms with Gasteiger partial charge in [-0.3, -0.25) is 9.59 Å². The van der Waals surface area contributed by atoms with E-state index in [9.17, 15) is 9.59 Å². The zero-order valence-electron chi connectivity index (χ0n) is 20.9. The number of benzene rings is 3. The van der Waals surface area contributed by atoms with Crippen LogP contribution in [-0.4, -0.2) is 46.9 Å². The summed E-state index contributed by atoms with van der Waals surface area (Å²) in [5, 5.41) is 5.69. The number of amides is 2. The van der Waals surface area contributed by atoms with Gasteiger partial charge in [-0.1, -0.05) is 12.1 Å². The Labute approximate surface area is 210 Å². The van der Waals surface area contributed by atoms with Crippen LogP contribution in [0, 0.1) is 0 Å². The van der Waals surface area contributed by atoms with Crippen LogP contribution in [0.3, 0.4) is 0 Å². The number of rotatable bonds is 11. The van der Waals surface area contributed by atoms with Gasteiger partial charge in [0.2, 0.25) is 0 Å². The van der Waals surface area contributed by atoms with Crippen molar-refractivity contribution in [3.05, 3.63) is 71.8 Å². The second-order valence-electron chi connectivity index (χ2n) is 7.71. The van der Waals surface area contributed by atoms with Crippen LogP contribution >= 0.6 is 0 Å². The Balaban J connectivity index is 1.66. The van der Waals surface area contributed by atoms with Crippen LogP contribution < -0.4 is 34.3 Å². The number of hydrogen-bond acceptors (Lipinski definition) is 7. The highest BCUT2D eigenvalue weighted by Gasteiger charge is 2.18. The highest BCUT2D eigenvalue weighted by atomic mass is 16.5. The quantitative estimate of drug-likeness (QED) is 0.411. The van der Waals surface area contributed by atoms with Crippen molar-refractivity contribution in [2.24, 2.45) is 0 Å². The summed E-state index contributed by atoms with van der Waals surface area (Å²) >= 11 is 0. The van der Waals surface area contributed by atoms with E-state index in [1.165, 1.54) is 14.2 Å². The van der Waals surface area contributed by atoms with Gasteiger partial charge in [0.25, 0.3) is 11.8 Å². The first kappa shape index (κ1) is 26.2. The number of ether oxygens (including phenoxy) is 5. The van der Waals surface area contributed by atoms with Gasteiger partial charge in [-0.25, -0.2) is 0 Å². The van der Waals surface area contributed by atoms with Crippen molar-refractivity contribution < 1.29 is 33.3 Å². The molecule has 0 bridgehead atoms. The van der Waals surface area contributed by atoms with Crippen molar-refractivity contribution in [3.8, 4) is 28.7 Å². The molecule has 36 heavy (non-hydrogen) atoms. The summed E-state index contributed by atoms with van der Waals surface area (Å²) in [5.41, 5.74) is 1.68. The molecule has 0 saturated carbocycles. The molecule has 190 valence electrons. The average Bonchev–Trinajstić information content (AvgIpc) is 2.91. The fourth-order valence-corrected chi connectivity index (χ4v) is 3.54. The molecule has 9 nitrogen and oxygen atoms in total. The number of hydrogen-bond donors (Lipinski definition) is 2. The van der Waals surface area contributed by atoms with Crippen molar-refractivity contribution in [1.29, 1.82) is 0 Å². The summed E-state index contributed by atoms with van der Waals surface area (Å²) in [6.45, 7) is 1.59. The van der Waals surface area contributed by atoms with Crippen LogP contribution in [0.4, 0.5) is 5.69 Å². The number of carbonyl (C=O) groups excluding carboxylic acids is 2. The molecule has 0 radical (unpaired) electrons. The first-order valence-electron chi connectivity index (χ1n) is 11.2. The molecule has 0 aliphatic rings. The van der Waals surface area contributed by atoms with Crippen molar-refractivity contribution in [2.75, 3.05) is 40.4 Å². The van der Waals surface area contributed by atoms with Gasteiger partial charge in [0, 0.05) is 11.1 Å². The van der Waals surface area contributed by atoms with Crippen molar-refractivity contribution in [1.82, 2.24) is 5.32 Å². The SMILES string of the molecule is COc1ccc(OC)c(C(C)NC(=O)c2ccc(OCC(=O)Nc3ccccc3OC)c(OC)c2)c1. The molecule has 0 saturated heterocycles. The summed E-state index contributed by atoms with van der Waals surface area (Å²) in [5.74, 6) is 1.79. The minimum absolute atomic E-state index is 0.257. The predicted octanol–water partition coefficient (Wildman–Crippen LogP) is 4.23. The van der Waals surface area contributed by atoms with E-state index < -0.39 is 0 Å². The molecule has 3 aromatic rings. The molecule has 9 heteroatoms. The normalized spacial score (nSPS) is 11.1. The Morgan fingerprint density at radius 1 is 0.778 bits per heavy atom. The van der Waals surface area contributed by atoms with Crippen LogP contribution in [0.5, 0.6) is 28.7 Å². The standard InChI is InChI=1S/C27H30N2O7/c1-17(20-15-19(32-2)11-13-22(20)33-3)28-27(31)18-10-12-24(25(14-18)35-5)36-16-26(30)29-21-8-6-7-9-23(21)34-4/h6-15,17H,16H2,1-5H3,(H,28,31)(H,29,30). The lowest BCUT2D eigenvalue weighted by atomic mass is 10.1. The highest BCUT2D eigenvalue weighted by molar-refractivity contribution is 5.95. The monoisotopic (exact) mass is 494 g/mol. The van der Waals surface area contributed by atoms with E-state index in [1.54, 1.807) is 62.8 Å². The lowest BCUT2D eigenvalue weighted by Gasteiger charge is -2.19. The molecular formula is C27H30N2O7. The predicted molar refractivity (Wildman–Crippen MR) is 136 cm³/mol. The lowest BCUT2D eigenvalue weighted by Crippen LogP contribution is -2.27. The van der Waals surface area contributed by atoms with Crippen LogP contribution in [0.25, 0.3) is 0 Å². The van der Waals surface area contributed by atoms with Crippen molar-refractivity contribution in [3.63, 3.8) is 0 Å². The number of anilines is 1. The smallest absolute Gasteiger partial charge is 0.262 e. The Morgan fingerprint density at radius 2 is 1.47 bits per heavy atom. The fraction of sp³-hybridized carbons (Fsp3) is 0.259. The summed E-state index contributed by atoms with van der Waals surface area (Å²) < 4.78 is 27.0. The van der Waals surface area contributed by atoms with Gasteiger partial charge in [-0.2, -0.15) is 0 Å². The van der Waals surface area contributed by atoms with Crippen LogP contribution in [0.15, 0.2) is 60.7 Å². The second-order valence-corrected chi connectivity index (χ2v) is 7.71. The molecule has 3 aromatic carbocycles. The minimum Gasteiger partial charge on any atom is -0.497 e. The first-order chi connectivity index (χ1) is 17.4. The van der Waals surface area contributed by atoms with Gasteiger partial charge < -0.3 is 34.3 Å². The van der Waals surface area contributed by atoms with E-state index in [0.29, 0.717) is 40.0 Å². The maximum Gasteiger partial charge on any atom is 0.262 e. The van der Waals surface area contributed by atoms with Gasteiger partial charge in [-0.05, 0) is 55.5 Å². The van der Waals surface area contributed by atoms with E-state index in [0.717, 1.165) is 5.56 Å². The summed E-state index contributed by atoms with van der Waals surface area (Å²) in [6, 6.07) is 16.8. The zero-order chi connectivity index (χ0) is 26.1. The highest BCUT2D eigenvalue weighted by Crippen LogP contribution is 2.31. The van der Waals surface area contributed by atoms with Crippen LogP contribution in [0.1, 0.15) is 28.9 Å². The van der Waals surface area contributed by atoms with Crippen molar-refractivity contribution >= 4 is 17.5 Å². The lowest BCUT2D eigenvalue weighted by molar-refractivity contribution is -0.118. The third-order valence-corrected chi connectivity index (χ3v) is 5.42. The molecule has 0 aromatic heterocycles. The molecule has 0 spiro atoms. The summed E-state index contributed by atoms with van der Waals surface area (Å²) in [7, 11) is 6.13. The van der Waals surface area contributed by atoms with E-state index in [-0.39, 0.29) is 24.5 Å². The van der Waals surface area contributed by atoms with E-state index in [1.807, 2.05) is 19.1 Å². The van der Waals surface area contributed by atoms with Gasteiger partial charge in [0.15, 0.2) is 18.1 Å². The largest absolute Gasteiger partial charge is 0.497 e. The topological polar surface area (TPSA) is 104 Å². The fourth-order valence-electron chi connectivity index (χ4n) is 3.54. The second kappa shape index (κ2) is 12.3. The third-order valence-electron chi connectivity index (χ3n) is 5.42. The Hall–Kier alpha value is -4.40. The molecular weight excluding hydrogens is 464 g/mol. The number of nitrogens with one attached hydrogen (secondary N) is 2. The first-order valence-corrected chi connectivity index (χ1v) is 11.2. The Morgan fingerprint density at radius 3 is 2.17 bits per heavy atom. The van der Waals surface area contributed by atoms with Gasteiger partial charge >= 0.3 is 0 Å². The van der Waals surface area contributed by atoms with Gasteiger partial charge in [0.05, 0.1) is 40.2 Å². The molecule has 3 rings (SSSR count). The van der Waals surface area contributed by atoms with E-state index >= 15 is 0 Å². The average molecular weight is 495 g/mol. The molecule has 0 fully saturated rings. The van der Waals surface area contributed by atoms with Crippen LogP contribution in [-0.2, 0) is 4.79 Å². The summed E-state index contributed by atoms with van der Waals surface area (Å²) in [4.78, 5) is 25.3. The molecule has 0 aliphatic carbocycles. The molecule has 0 aliphatic heterocycles. The van der Waals surface area contributed by atoms with Gasteiger partial charge in [0.1, 0.15) is 17.2 Å². The molecule has 1 unspecified atom stereocenters. The molecule has 0 heterocycles. The summed E-state index contributed by atoms with van der Waals surface area (Å²) in [6.07, 6.45) is 0. The van der Waals surface area contributed by atoms with Gasteiger partial charge in [-0.15, -0.1) is 0 Å². The Bertz CT molecular complexity index is 1210. The molecule has 2 amide bonds. The number of methoxy groups -OCH3 is 4. The Kier molecular flexibility index (Phi) is 8.99. The zero-order valence-corrected chi connectivity index (χ0v) is 20.9. The molecule has 1 atom stereocenters. The maximum atomic E-state index is 12.9. The number of carbonyl (C=O) groups is 2. The number of para-hydroxylation sites is 2. The van der Waals surface area contributed by atoms with Crippen molar-refractivity contribution in [2.45, 2.75) is 13.0 Å². The van der Waals surface area contributed by atoms with E-state index in [4.69, 9.17) is 23.7 Å². The maximum absolute atomic E-state index is 12.9. The minimum atomic E-state index is -0.371. The molecule has 2 N–H and O–H groups in total. The third kappa shape index (κ3) is 6.38. The van der Waals surface area contributed by atoms with E-state index in [2.05, 4.69) is 10.6 Å².